The molecule has 0 aliphatic rings. The van der Waals surface area contributed by atoms with Gasteiger partial charge >= 0.3 is 12.0 Å². The standard InChI is InChI=1S/C25H22N4O5/c1-16-4-3-13-29-22(30)14-20(26-23(16)29)15-34-21-11-9-19(10-12-21)28-25(32)27-18-7-5-17(6-8-18)24(31)33-2/h3-14H,15H2,1-2H3,(H2,27,28,32). The van der Waals surface area contributed by atoms with E-state index in [1.807, 2.05) is 13.0 Å². The third-order valence-corrected chi connectivity index (χ3v) is 5.00. The van der Waals surface area contributed by atoms with Crippen LogP contribution < -0.4 is 20.9 Å². The zero-order valence-corrected chi connectivity index (χ0v) is 18.6. The van der Waals surface area contributed by atoms with E-state index in [4.69, 9.17) is 4.74 Å². The minimum Gasteiger partial charge on any atom is -0.487 e. The number of amides is 2. The van der Waals surface area contributed by atoms with Crippen molar-refractivity contribution in [1.82, 2.24) is 9.38 Å². The van der Waals surface area contributed by atoms with Crippen molar-refractivity contribution in [3.05, 3.63) is 100 Å². The molecule has 0 saturated carbocycles. The van der Waals surface area contributed by atoms with Crippen LogP contribution in [0.1, 0.15) is 21.6 Å². The molecule has 0 unspecified atom stereocenters. The summed E-state index contributed by atoms with van der Waals surface area (Å²) in [5.41, 5.74) is 3.33. The summed E-state index contributed by atoms with van der Waals surface area (Å²) in [4.78, 5) is 40.5. The van der Waals surface area contributed by atoms with Gasteiger partial charge in [0, 0.05) is 23.6 Å². The van der Waals surface area contributed by atoms with E-state index in [9.17, 15) is 14.4 Å². The number of urea groups is 1. The molecule has 0 aliphatic heterocycles. The Morgan fingerprint density at radius 2 is 1.62 bits per heavy atom. The maximum atomic E-state index is 12.3. The normalized spacial score (nSPS) is 10.5. The highest BCUT2D eigenvalue weighted by molar-refractivity contribution is 6.00. The Kier molecular flexibility index (Phi) is 6.54. The third kappa shape index (κ3) is 5.21. The first-order chi connectivity index (χ1) is 16.4. The van der Waals surface area contributed by atoms with Crippen LogP contribution in [0.25, 0.3) is 5.65 Å². The molecule has 2 aromatic carbocycles. The summed E-state index contributed by atoms with van der Waals surface area (Å²) in [6.07, 6.45) is 1.68. The van der Waals surface area contributed by atoms with Crippen molar-refractivity contribution in [3.8, 4) is 5.75 Å². The van der Waals surface area contributed by atoms with Gasteiger partial charge in [0.1, 0.15) is 18.0 Å². The Hall–Kier alpha value is -4.66. The molecule has 0 spiro atoms. The minimum absolute atomic E-state index is 0.134. The molecule has 9 heteroatoms. The number of carbonyl (C=O) groups is 2. The molecule has 2 aromatic heterocycles. The molecule has 0 saturated heterocycles. The number of benzene rings is 2. The van der Waals surface area contributed by atoms with Gasteiger partial charge in [0.2, 0.25) is 0 Å². The second-order valence-electron chi connectivity index (χ2n) is 7.43. The molecular weight excluding hydrogens is 436 g/mol. The lowest BCUT2D eigenvalue weighted by molar-refractivity contribution is 0.0600. The predicted molar refractivity (Wildman–Crippen MR) is 127 cm³/mol. The lowest BCUT2D eigenvalue weighted by atomic mass is 10.2. The molecular formula is C25H22N4O5. The van der Waals surface area contributed by atoms with E-state index in [1.165, 1.54) is 17.6 Å². The largest absolute Gasteiger partial charge is 0.487 e. The smallest absolute Gasteiger partial charge is 0.337 e. The van der Waals surface area contributed by atoms with Gasteiger partial charge in [-0.3, -0.25) is 9.20 Å². The van der Waals surface area contributed by atoms with Crippen LogP contribution in [0.2, 0.25) is 0 Å². The first-order valence-corrected chi connectivity index (χ1v) is 10.4. The Labute approximate surface area is 195 Å². The van der Waals surface area contributed by atoms with Crippen LogP contribution in [-0.4, -0.2) is 28.5 Å². The van der Waals surface area contributed by atoms with Crippen LogP contribution in [0.3, 0.4) is 0 Å². The third-order valence-electron chi connectivity index (χ3n) is 5.00. The number of hydrogen-bond acceptors (Lipinski definition) is 6. The van der Waals surface area contributed by atoms with Crippen LogP contribution in [0.4, 0.5) is 16.2 Å². The van der Waals surface area contributed by atoms with Gasteiger partial charge in [0.25, 0.3) is 5.56 Å². The lowest BCUT2D eigenvalue weighted by Gasteiger charge is -2.10. The second-order valence-corrected chi connectivity index (χ2v) is 7.43. The number of aromatic nitrogens is 2. The van der Waals surface area contributed by atoms with Crippen molar-refractivity contribution in [2.75, 3.05) is 17.7 Å². The van der Waals surface area contributed by atoms with Gasteiger partial charge in [-0.1, -0.05) is 6.07 Å². The average molecular weight is 458 g/mol. The zero-order valence-electron chi connectivity index (χ0n) is 18.6. The molecule has 2 heterocycles. The highest BCUT2D eigenvalue weighted by atomic mass is 16.5. The van der Waals surface area contributed by atoms with Crippen molar-refractivity contribution in [1.29, 1.82) is 0 Å². The fraction of sp³-hybridized carbons (Fsp3) is 0.120. The molecule has 2 amide bonds. The number of esters is 1. The quantitative estimate of drug-likeness (QED) is 0.422. The Morgan fingerprint density at radius 1 is 0.971 bits per heavy atom. The first kappa shape index (κ1) is 22.5. The summed E-state index contributed by atoms with van der Waals surface area (Å²) in [6, 6.07) is 17.9. The Morgan fingerprint density at radius 3 is 2.26 bits per heavy atom. The number of nitrogens with zero attached hydrogens (tertiary/aromatic N) is 2. The number of aryl methyl sites for hydroxylation is 1. The fourth-order valence-electron chi connectivity index (χ4n) is 3.28. The Balaban J connectivity index is 1.34. The molecule has 34 heavy (non-hydrogen) atoms. The summed E-state index contributed by atoms with van der Waals surface area (Å²) in [6.45, 7) is 2.03. The monoisotopic (exact) mass is 458 g/mol. The minimum atomic E-state index is -0.447. The van der Waals surface area contributed by atoms with E-state index >= 15 is 0 Å². The predicted octanol–water partition coefficient (Wildman–Crippen LogP) is 4.01. The maximum absolute atomic E-state index is 12.3. The van der Waals surface area contributed by atoms with Crippen molar-refractivity contribution in [2.45, 2.75) is 13.5 Å². The summed E-state index contributed by atoms with van der Waals surface area (Å²) in [5, 5.41) is 5.41. The van der Waals surface area contributed by atoms with Crippen LogP contribution in [0.5, 0.6) is 5.75 Å². The van der Waals surface area contributed by atoms with Crippen molar-refractivity contribution < 1.29 is 19.1 Å². The van der Waals surface area contributed by atoms with E-state index in [2.05, 4.69) is 20.4 Å². The molecule has 0 radical (unpaired) electrons. The molecule has 0 aliphatic carbocycles. The molecule has 2 N–H and O–H groups in total. The van der Waals surface area contributed by atoms with Crippen LogP contribution in [0.15, 0.2) is 77.7 Å². The number of methoxy groups -OCH3 is 1. The van der Waals surface area contributed by atoms with E-state index in [0.717, 1.165) is 5.56 Å². The molecule has 0 atom stereocenters. The molecule has 4 rings (SSSR count). The maximum Gasteiger partial charge on any atom is 0.337 e. The number of pyridine rings is 1. The highest BCUT2D eigenvalue weighted by Crippen LogP contribution is 2.18. The molecule has 0 fully saturated rings. The molecule has 9 nitrogen and oxygen atoms in total. The number of ether oxygens (including phenoxy) is 2. The molecule has 4 aromatic rings. The number of nitrogens with one attached hydrogen (secondary N) is 2. The van der Waals surface area contributed by atoms with E-state index in [1.54, 1.807) is 60.8 Å². The van der Waals surface area contributed by atoms with Crippen molar-refractivity contribution in [3.63, 3.8) is 0 Å². The highest BCUT2D eigenvalue weighted by Gasteiger charge is 2.08. The first-order valence-electron chi connectivity index (χ1n) is 10.4. The zero-order chi connectivity index (χ0) is 24.1. The summed E-state index contributed by atoms with van der Waals surface area (Å²) >= 11 is 0. The summed E-state index contributed by atoms with van der Waals surface area (Å²) < 4.78 is 11.9. The van der Waals surface area contributed by atoms with Gasteiger partial charge < -0.3 is 20.1 Å². The van der Waals surface area contributed by atoms with E-state index in [-0.39, 0.29) is 12.2 Å². The van der Waals surface area contributed by atoms with E-state index < -0.39 is 12.0 Å². The number of hydrogen-bond donors (Lipinski definition) is 2. The van der Waals surface area contributed by atoms with Gasteiger partial charge in [-0.05, 0) is 67.1 Å². The second kappa shape index (κ2) is 9.86. The number of fused-ring (bicyclic) bond motifs is 1. The van der Waals surface area contributed by atoms with E-state index in [0.29, 0.717) is 34.0 Å². The number of rotatable bonds is 6. The molecule has 172 valence electrons. The van der Waals surface area contributed by atoms with Gasteiger partial charge in [0.15, 0.2) is 0 Å². The van der Waals surface area contributed by atoms with Crippen molar-refractivity contribution >= 4 is 29.0 Å². The number of carbonyl (C=O) groups excluding carboxylic acids is 2. The van der Waals surface area contributed by atoms with Gasteiger partial charge in [0.05, 0.1) is 18.4 Å². The summed E-state index contributed by atoms with van der Waals surface area (Å²) in [5.74, 6) is 0.119. The molecule has 0 bridgehead atoms. The number of anilines is 2. The summed E-state index contributed by atoms with van der Waals surface area (Å²) in [7, 11) is 1.31. The lowest BCUT2D eigenvalue weighted by Crippen LogP contribution is -2.19. The van der Waals surface area contributed by atoms with Crippen LogP contribution in [0, 0.1) is 6.92 Å². The van der Waals surface area contributed by atoms with Crippen molar-refractivity contribution in [2.24, 2.45) is 0 Å². The van der Waals surface area contributed by atoms with Gasteiger partial charge in [-0.2, -0.15) is 0 Å². The van der Waals surface area contributed by atoms with Crippen LogP contribution >= 0.6 is 0 Å². The SMILES string of the molecule is COC(=O)c1ccc(NC(=O)Nc2ccc(OCc3cc(=O)n4cccc(C)c4n3)cc2)cc1. The average Bonchev–Trinajstić information content (AvgIpc) is 2.84. The fourth-order valence-corrected chi connectivity index (χ4v) is 3.28. The Bertz CT molecular complexity index is 1400. The van der Waals surface area contributed by atoms with Gasteiger partial charge in [-0.15, -0.1) is 0 Å². The topological polar surface area (TPSA) is 111 Å². The van der Waals surface area contributed by atoms with Crippen LogP contribution in [-0.2, 0) is 11.3 Å². The van der Waals surface area contributed by atoms with Gasteiger partial charge in [-0.25, -0.2) is 14.6 Å².